The maximum atomic E-state index is 5.97. The van der Waals surface area contributed by atoms with Crippen LogP contribution in [0.15, 0.2) is 41.7 Å². The molecule has 0 saturated carbocycles. The Balaban J connectivity index is 1.56. The molecule has 2 aromatic rings. The lowest BCUT2D eigenvalue weighted by molar-refractivity contribution is -0.00803. The van der Waals surface area contributed by atoms with E-state index < -0.39 is 0 Å². The second-order valence-corrected chi connectivity index (χ2v) is 8.09. The third kappa shape index (κ3) is 6.49. The molecular formula is C23H35N5O2. The van der Waals surface area contributed by atoms with E-state index in [-0.39, 0.29) is 6.10 Å². The van der Waals surface area contributed by atoms with E-state index in [1.165, 1.54) is 5.56 Å². The van der Waals surface area contributed by atoms with Crippen molar-refractivity contribution in [1.29, 1.82) is 0 Å². The molecule has 1 N–H and O–H groups in total. The molecule has 0 amide bonds. The highest BCUT2D eigenvalue weighted by Gasteiger charge is 2.25. The lowest BCUT2D eigenvalue weighted by Gasteiger charge is -2.34. The molecule has 1 saturated heterocycles. The van der Waals surface area contributed by atoms with Crippen molar-refractivity contribution in [3.8, 4) is 5.75 Å². The van der Waals surface area contributed by atoms with Crippen LogP contribution < -0.4 is 10.1 Å². The molecule has 1 fully saturated rings. The number of nitrogens with one attached hydrogen (secondary N) is 1. The van der Waals surface area contributed by atoms with Crippen LogP contribution >= 0.6 is 0 Å². The van der Waals surface area contributed by atoms with Crippen molar-refractivity contribution < 1.29 is 9.47 Å². The van der Waals surface area contributed by atoms with Gasteiger partial charge in [-0.1, -0.05) is 26.0 Å². The lowest BCUT2D eigenvalue weighted by atomic mass is 10.1. The zero-order valence-corrected chi connectivity index (χ0v) is 18.7. The van der Waals surface area contributed by atoms with Crippen LogP contribution in [0.3, 0.4) is 0 Å². The fourth-order valence-electron chi connectivity index (χ4n) is 3.38. The number of rotatable bonds is 8. The summed E-state index contributed by atoms with van der Waals surface area (Å²) in [6.07, 6.45) is 4.82. The number of guanidine groups is 1. The predicted octanol–water partition coefficient (Wildman–Crippen LogP) is 3.04. The summed E-state index contributed by atoms with van der Waals surface area (Å²) in [7, 11) is 1.93. The average molecular weight is 414 g/mol. The summed E-state index contributed by atoms with van der Waals surface area (Å²) in [6, 6.07) is 8.36. The second kappa shape index (κ2) is 11.0. The fraction of sp³-hybridized carbons (Fsp3) is 0.565. The van der Waals surface area contributed by atoms with Crippen molar-refractivity contribution >= 4 is 5.96 Å². The Labute approximate surface area is 180 Å². The molecule has 0 radical (unpaired) electrons. The summed E-state index contributed by atoms with van der Waals surface area (Å²) in [5.74, 6) is 2.41. The highest BCUT2D eigenvalue weighted by Crippen LogP contribution is 2.21. The van der Waals surface area contributed by atoms with Crippen molar-refractivity contribution in [2.24, 2.45) is 18.0 Å². The van der Waals surface area contributed by atoms with Crippen LogP contribution in [0.4, 0.5) is 0 Å². The molecule has 1 aromatic carbocycles. The van der Waals surface area contributed by atoms with Gasteiger partial charge in [-0.3, -0.25) is 9.67 Å². The summed E-state index contributed by atoms with van der Waals surface area (Å²) < 4.78 is 13.5. The van der Waals surface area contributed by atoms with Gasteiger partial charge >= 0.3 is 0 Å². The molecule has 1 unspecified atom stereocenters. The van der Waals surface area contributed by atoms with Gasteiger partial charge in [-0.05, 0) is 37.0 Å². The van der Waals surface area contributed by atoms with Crippen molar-refractivity contribution in [3.05, 3.63) is 47.8 Å². The summed E-state index contributed by atoms with van der Waals surface area (Å²) in [4.78, 5) is 7.16. The molecule has 0 spiro atoms. The normalized spacial score (nSPS) is 17.4. The van der Waals surface area contributed by atoms with Crippen molar-refractivity contribution in [2.75, 3.05) is 39.4 Å². The quantitative estimate of drug-likeness (QED) is 0.532. The molecule has 1 aromatic heterocycles. The van der Waals surface area contributed by atoms with E-state index in [0.717, 1.165) is 56.5 Å². The molecule has 1 aliphatic heterocycles. The Bertz CT molecular complexity index is 800. The second-order valence-electron chi connectivity index (χ2n) is 8.09. The Morgan fingerprint density at radius 1 is 1.33 bits per heavy atom. The number of nitrogens with zero attached hydrogens (tertiary/aromatic N) is 4. The molecule has 1 atom stereocenters. The monoisotopic (exact) mass is 413 g/mol. The van der Waals surface area contributed by atoms with E-state index in [0.29, 0.717) is 12.5 Å². The van der Waals surface area contributed by atoms with Crippen LogP contribution in [-0.2, 0) is 18.2 Å². The molecule has 7 heteroatoms. The SMILES string of the molecule is CCNC(=NCCc1ccc(OCC(C)C)cc1)N1CCOC(c2cnn(C)c2)C1. The minimum absolute atomic E-state index is 0.0229. The standard InChI is InChI=1S/C23H35N5O2/c1-5-24-23(28-12-13-29-22(16-28)20-14-26-27(4)15-20)25-11-10-19-6-8-21(9-7-19)30-17-18(2)3/h6-9,14-15,18,22H,5,10-13,16-17H2,1-4H3,(H,24,25). The summed E-state index contributed by atoms with van der Waals surface area (Å²) >= 11 is 0. The third-order valence-electron chi connectivity index (χ3n) is 4.97. The highest BCUT2D eigenvalue weighted by molar-refractivity contribution is 5.80. The smallest absolute Gasteiger partial charge is 0.194 e. The van der Waals surface area contributed by atoms with Gasteiger partial charge in [0.2, 0.25) is 0 Å². The van der Waals surface area contributed by atoms with Crippen molar-refractivity contribution in [2.45, 2.75) is 33.3 Å². The van der Waals surface area contributed by atoms with Gasteiger partial charge in [-0.25, -0.2) is 0 Å². The van der Waals surface area contributed by atoms with E-state index in [1.807, 2.05) is 36.3 Å². The Morgan fingerprint density at radius 2 is 2.13 bits per heavy atom. The van der Waals surface area contributed by atoms with Gasteiger partial charge in [0.1, 0.15) is 11.9 Å². The Morgan fingerprint density at radius 3 is 2.80 bits per heavy atom. The van der Waals surface area contributed by atoms with Crippen molar-refractivity contribution in [3.63, 3.8) is 0 Å². The highest BCUT2D eigenvalue weighted by atomic mass is 16.5. The number of aromatic nitrogens is 2. The predicted molar refractivity (Wildman–Crippen MR) is 120 cm³/mol. The van der Waals surface area contributed by atoms with E-state index in [2.05, 4.69) is 48.2 Å². The van der Waals surface area contributed by atoms with Gasteiger partial charge in [0.25, 0.3) is 0 Å². The Hall–Kier alpha value is -2.54. The minimum Gasteiger partial charge on any atom is -0.493 e. The number of ether oxygens (including phenoxy) is 2. The molecule has 7 nitrogen and oxygen atoms in total. The van der Waals surface area contributed by atoms with Gasteiger partial charge in [0.15, 0.2) is 5.96 Å². The number of hydrogen-bond acceptors (Lipinski definition) is 4. The van der Waals surface area contributed by atoms with E-state index >= 15 is 0 Å². The first-order valence-corrected chi connectivity index (χ1v) is 10.9. The lowest BCUT2D eigenvalue weighted by Crippen LogP contribution is -2.48. The number of benzene rings is 1. The van der Waals surface area contributed by atoms with Crippen molar-refractivity contribution in [1.82, 2.24) is 20.0 Å². The van der Waals surface area contributed by atoms with E-state index in [4.69, 9.17) is 14.5 Å². The van der Waals surface area contributed by atoms with Gasteiger partial charge in [-0.2, -0.15) is 5.10 Å². The van der Waals surface area contributed by atoms with Crippen LogP contribution in [0, 0.1) is 5.92 Å². The minimum atomic E-state index is 0.0229. The topological polar surface area (TPSA) is 63.9 Å². The largest absolute Gasteiger partial charge is 0.493 e. The molecular weight excluding hydrogens is 378 g/mol. The summed E-state index contributed by atoms with van der Waals surface area (Å²) in [6.45, 7) is 11.0. The summed E-state index contributed by atoms with van der Waals surface area (Å²) in [5.41, 5.74) is 2.37. The van der Waals surface area contributed by atoms with Gasteiger partial charge in [0.05, 0.1) is 26.0 Å². The fourth-order valence-corrected chi connectivity index (χ4v) is 3.38. The van der Waals surface area contributed by atoms with E-state index in [1.54, 1.807) is 0 Å². The van der Waals surface area contributed by atoms with E-state index in [9.17, 15) is 0 Å². The summed E-state index contributed by atoms with van der Waals surface area (Å²) in [5, 5.41) is 7.70. The van der Waals surface area contributed by atoms with Crippen LogP contribution in [-0.4, -0.2) is 60.0 Å². The van der Waals surface area contributed by atoms with Gasteiger partial charge < -0.3 is 19.7 Å². The number of aryl methyl sites for hydroxylation is 1. The number of aliphatic imine (C=N–C) groups is 1. The van der Waals surface area contributed by atoms with Crippen LogP contribution in [0.1, 0.15) is 38.0 Å². The maximum Gasteiger partial charge on any atom is 0.194 e. The zero-order chi connectivity index (χ0) is 21.3. The van der Waals surface area contributed by atoms with Gasteiger partial charge in [0, 0.05) is 38.4 Å². The molecule has 0 bridgehead atoms. The molecule has 164 valence electrons. The third-order valence-corrected chi connectivity index (χ3v) is 4.97. The van der Waals surface area contributed by atoms with Gasteiger partial charge in [-0.15, -0.1) is 0 Å². The first-order valence-electron chi connectivity index (χ1n) is 10.9. The van der Waals surface area contributed by atoms with Crippen LogP contribution in [0.25, 0.3) is 0 Å². The maximum absolute atomic E-state index is 5.97. The number of morpholine rings is 1. The number of hydrogen-bond donors (Lipinski definition) is 1. The molecule has 2 heterocycles. The van der Waals surface area contributed by atoms with Crippen LogP contribution in [0.2, 0.25) is 0 Å². The average Bonchev–Trinajstić information content (AvgIpc) is 3.19. The molecule has 30 heavy (non-hydrogen) atoms. The molecule has 3 rings (SSSR count). The zero-order valence-electron chi connectivity index (χ0n) is 18.7. The molecule has 1 aliphatic rings. The van der Waals surface area contributed by atoms with Crippen LogP contribution in [0.5, 0.6) is 5.75 Å². The first-order chi connectivity index (χ1) is 14.5. The first kappa shape index (κ1) is 22.2. The Kier molecular flexibility index (Phi) is 8.13. The molecule has 0 aliphatic carbocycles.